The van der Waals surface area contributed by atoms with Crippen LogP contribution in [0.4, 0.5) is 17.6 Å². The first-order valence-electron chi connectivity index (χ1n) is 11.2. The Balaban J connectivity index is 1.49. The molecule has 2 N–H and O–H groups in total. The molecule has 0 bridgehead atoms. The Morgan fingerprint density at radius 1 is 1.10 bits per heavy atom. The van der Waals surface area contributed by atoms with Gasteiger partial charge in [0, 0.05) is 45.4 Å². The Morgan fingerprint density at radius 3 is 2.47 bits per heavy atom. The molecule has 3 atom stereocenters. The van der Waals surface area contributed by atoms with Gasteiger partial charge < -0.3 is 29.9 Å². The van der Waals surface area contributed by atoms with Gasteiger partial charge in [0.05, 0.1) is 19.3 Å². The molecule has 0 saturated carbocycles. The number of rotatable bonds is 5. The zero-order chi connectivity index (χ0) is 20.9. The standard InChI is InChI=1S/C21H34N6O2S/c1-15-10-16(2)14-27(13-15)19-11-18(26-5-8-28-9-6-26)23-20(24-19)25-21(30)22-12-17-4-3-7-29-17/h11,15-17H,3-10,12-14H2,1-2H3,(H2,22,23,24,25,30)/t15-,16+,17-/m0/s1. The van der Waals surface area contributed by atoms with E-state index in [0.717, 1.165) is 70.5 Å². The summed E-state index contributed by atoms with van der Waals surface area (Å²) in [5.74, 6) is 3.75. The van der Waals surface area contributed by atoms with Crippen molar-refractivity contribution in [1.82, 2.24) is 15.3 Å². The first kappa shape index (κ1) is 21.5. The summed E-state index contributed by atoms with van der Waals surface area (Å²) in [4.78, 5) is 14.3. The summed E-state index contributed by atoms with van der Waals surface area (Å²) < 4.78 is 11.2. The van der Waals surface area contributed by atoms with Gasteiger partial charge in [-0.25, -0.2) is 0 Å². The monoisotopic (exact) mass is 434 g/mol. The molecule has 1 aromatic rings. The molecule has 30 heavy (non-hydrogen) atoms. The van der Waals surface area contributed by atoms with Crippen LogP contribution in [0.25, 0.3) is 0 Å². The third kappa shape index (κ3) is 5.70. The number of piperidine rings is 1. The van der Waals surface area contributed by atoms with E-state index in [1.807, 2.05) is 0 Å². The van der Waals surface area contributed by atoms with Crippen molar-refractivity contribution in [2.45, 2.75) is 39.2 Å². The number of morpholine rings is 1. The fourth-order valence-corrected chi connectivity index (χ4v) is 4.78. The van der Waals surface area contributed by atoms with Crippen LogP contribution >= 0.6 is 12.2 Å². The number of ether oxygens (including phenoxy) is 2. The molecule has 9 heteroatoms. The maximum atomic E-state index is 5.66. The van der Waals surface area contributed by atoms with E-state index < -0.39 is 0 Å². The molecule has 4 heterocycles. The van der Waals surface area contributed by atoms with Crippen molar-refractivity contribution >= 4 is 34.9 Å². The average molecular weight is 435 g/mol. The predicted molar refractivity (Wildman–Crippen MR) is 123 cm³/mol. The van der Waals surface area contributed by atoms with E-state index in [4.69, 9.17) is 31.7 Å². The molecular formula is C21H34N6O2S. The van der Waals surface area contributed by atoms with Gasteiger partial charge in [0.15, 0.2) is 5.11 Å². The number of aromatic nitrogens is 2. The molecule has 0 radical (unpaired) electrons. The number of thiocarbonyl (C=S) groups is 1. The largest absolute Gasteiger partial charge is 0.378 e. The minimum absolute atomic E-state index is 0.234. The number of hydrogen-bond donors (Lipinski definition) is 2. The van der Waals surface area contributed by atoms with E-state index in [0.29, 0.717) is 29.4 Å². The van der Waals surface area contributed by atoms with Gasteiger partial charge in [0.25, 0.3) is 0 Å². The van der Waals surface area contributed by atoms with E-state index in [9.17, 15) is 0 Å². The van der Waals surface area contributed by atoms with Gasteiger partial charge in [-0.1, -0.05) is 13.8 Å². The molecule has 0 amide bonds. The summed E-state index contributed by atoms with van der Waals surface area (Å²) in [7, 11) is 0. The van der Waals surface area contributed by atoms with Crippen LogP contribution < -0.4 is 20.4 Å². The van der Waals surface area contributed by atoms with Crippen molar-refractivity contribution in [2.24, 2.45) is 11.8 Å². The molecule has 0 unspecified atom stereocenters. The van der Waals surface area contributed by atoms with Crippen LogP contribution in [-0.2, 0) is 9.47 Å². The third-order valence-electron chi connectivity index (χ3n) is 5.97. The first-order chi connectivity index (χ1) is 14.6. The molecule has 0 aromatic carbocycles. The molecule has 3 aliphatic heterocycles. The van der Waals surface area contributed by atoms with Crippen LogP contribution in [0, 0.1) is 11.8 Å². The quantitative estimate of drug-likeness (QED) is 0.679. The normalized spacial score (nSPS) is 27.2. The Kier molecular flexibility index (Phi) is 7.22. The fraction of sp³-hybridized carbons (Fsp3) is 0.762. The van der Waals surface area contributed by atoms with E-state index in [-0.39, 0.29) is 6.10 Å². The smallest absolute Gasteiger partial charge is 0.232 e. The van der Waals surface area contributed by atoms with Crippen LogP contribution in [0.3, 0.4) is 0 Å². The molecule has 166 valence electrons. The molecule has 4 rings (SSSR count). The van der Waals surface area contributed by atoms with Crippen LogP contribution in [0.15, 0.2) is 6.07 Å². The van der Waals surface area contributed by atoms with Crippen molar-refractivity contribution in [1.29, 1.82) is 0 Å². The Morgan fingerprint density at radius 2 is 1.80 bits per heavy atom. The minimum Gasteiger partial charge on any atom is -0.378 e. The Labute approximate surface area is 184 Å². The number of nitrogens with one attached hydrogen (secondary N) is 2. The highest BCUT2D eigenvalue weighted by Gasteiger charge is 2.25. The van der Waals surface area contributed by atoms with Gasteiger partial charge >= 0.3 is 0 Å². The SMILES string of the molecule is C[C@@H]1C[C@H](C)CN(c2cc(N3CCOCC3)nc(NC(=S)NC[C@@H]3CCCO3)n2)C1. The average Bonchev–Trinajstić information content (AvgIpc) is 3.26. The summed E-state index contributed by atoms with van der Waals surface area (Å²) in [5, 5.41) is 7.00. The molecule has 1 aromatic heterocycles. The molecule has 0 spiro atoms. The Hall–Kier alpha value is -1.71. The van der Waals surface area contributed by atoms with Crippen molar-refractivity contribution in [3.63, 3.8) is 0 Å². The van der Waals surface area contributed by atoms with E-state index in [2.05, 4.69) is 40.3 Å². The van der Waals surface area contributed by atoms with Crippen molar-refractivity contribution in [3.05, 3.63) is 6.07 Å². The maximum Gasteiger partial charge on any atom is 0.232 e. The zero-order valence-electron chi connectivity index (χ0n) is 18.1. The second kappa shape index (κ2) is 10.1. The summed E-state index contributed by atoms with van der Waals surface area (Å²) in [6.45, 7) is 11.3. The molecule has 0 aliphatic carbocycles. The summed E-state index contributed by atoms with van der Waals surface area (Å²) in [6.07, 6.45) is 3.69. The second-order valence-electron chi connectivity index (χ2n) is 8.83. The lowest BCUT2D eigenvalue weighted by atomic mass is 9.92. The summed E-state index contributed by atoms with van der Waals surface area (Å²) in [6, 6.07) is 2.12. The summed E-state index contributed by atoms with van der Waals surface area (Å²) in [5.41, 5.74) is 0. The van der Waals surface area contributed by atoms with Gasteiger partial charge in [-0.3, -0.25) is 0 Å². The lowest BCUT2D eigenvalue weighted by Crippen LogP contribution is -2.40. The topological polar surface area (TPSA) is 74.8 Å². The van der Waals surface area contributed by atoms with E-state index in [1.54, 1.807) is 0 Å². The third-order valence-corrected chi connectivity index (χ3v) is 6.21. The van der Waals surface area contributed by atoms with Crippen molar-refractivity contribution in [3.8, 4) is 0 Å². The number of hydrogen-bond acceptors (Lipinski definition) is 7. The second-order valence-corrected chi connectivity index (χ2v) is 9.24. The van der Waals surface area contributed by atoms with E-state index >= 15 is 0 Å². The summed E-state index contributed by atoms with van der Waals surface area (Å²) >= 11 is 5.50. The van der Waals surface area contributed by atoms with Gasteiger partial charge in [-0.15, -0.1) is 0 Å². The lowest BCUT2D eigenvalue weighted by molar-refractivity contribution is 0.114. The highest BCUT2D eigenvalue weighted by molar-refractivity contribution is 7.80. The molecule has 3 saturated heterocycles. The number of anilines is 3. The maximum absolute atomic E-state index is 5.66. The van der Waals surface area contributed by atoms with Crippen molar-refractivity contribution in [2.75, 3.05) is 67.7 Å². The highest BCUT2D eigenvalue weighted by Crippen LogP contribution is 2.28. The van der Waals surface area contributed by atoms with Crippen LogP contribution in [-0.4, -0.2) is 73.7 Å². The lowest BCUT2D eigenvalue weighted by Gasteiger charge is -2.36. The first-order valence-corrected chi connectivity index (χ1v) is 11.6. The molecule has 8 nitrogen and oxygen atoms in total. The van der Waals surface area contributed by atoms with Gasteiger partial charge in [0.2, 0.25) is 5.95 Å². The van der Waals surface area contributed by atoms with Gasteiger partial charge in [-0.2, -0.15) is 9.97 Å². The van der Waals surface area contributed by atoms with Crippen molar-refractivity contribution < 1.29 is 9.47 Å². The van der Waals surface area contributed by atoms with Gasteiger partial charge in [-0.05, 0) is 43.3 Å². The molecular weight excluding hydrogens is 400 g/mol. The zero-order valence-corrected chi connectivity index (χ0v) is 18.9. The molecule has 3 aliphatic rings. The number of nitrogens with zero attached hydrogens (tertiary/aromatic N) is 4. The fourth-order valence-electron chi connectivity index (χ4n) is 4.60. The van der Waals surface area contributed by atoms with Crippen LogP contribution in [0.5, 0.6) is 0 Å². The van der Waals surface area contributed by atoms with Crippen LogP contribution in [0.2, 0.25) is 0 Å². The minimum atomic E-state index is 0.234. The Bertz CT molecular complexity index is 713. The predicted octanol–water partition coefficient (Wildman–Crippen LogP) is 2.26. The molecule has 3 fully saturated rings. The van der Waals surface area contributed by atoms with Gasteiger partial charge in [0.1, 0.15) is 11.6 Å². The highest BCUT2D eigenvalue weighted by atomic mass is 32.1. The van der Waals surface area contributed by atoms with E-state index in [1.165, 1.54) is 6.42 Å². The van der Waals surface area contributed by atoms with Crippen LogP contribution in [0.1, 0.15) is 33.1 Å².